The van der Waals surface area contributed by atoms with Crippen molar-refractivity contribution in [3.63, 3.8) is 0 Å². The number of benzene rings is 2. The van der Waals surface area contributed by atoms with Gasteiger partial charge in [-0.1, -0.05) is 29.8 Å². The van der Waals surface area contributed by atoms with E-state index in [2.05, 4.69) is 5.32 Å². The Balaban J connectivity index is 1.88. The Bertz CT molecular complexity index is 732. The van der Waals surface area contributed by atoms with Gasteiger partial charge in [-0.15, -0.1) is 0 Å². The van der Waals surface area contributed by atoms with E-state index in [9.17, 15) is 9.59 Å². The number of hydrogen-bond donors (Lipinski definition) is 1. The molecule has 0 fully saturated rings. The fourth-order valence-corrected chi connectivity index (χ4v) is 2.53. The average Bonchev–Trinajstić information content (AvgIpc) is 2.61. The van der Waals surface area contributed by atoms with Gasteiger partial charge < -0.3 is 15.0 Å². The van der Waals surface area contributed by atoms with Gasteiger partial charge in [-0.25, -0.2) is 0 Å². The highest BCUT2D eigenvalue weighted by molar-refractivity contribution is 6.30. The molecule has 2 aromatic rings. The molecule has 0 radical (unpaired) electrons. The number of halogens is 1. The third kappa shape index (κ3) is 5.80. The molecule has 2 rings (SSSR count). The summed E-state index contributed by atoms with van der Waals surface area (Å²) in [6, 6.07) is 14.3. The van der Waals surface area contributed by atoms with Crippen molar-refractivity contribution in [2.45, 2.75) is 13.5 Å². The standard InChI is InChI=1S/C19H21ClN2O3/c1-14(23)22(13-15-6-8-18(25-2)9-7-15)11-10-21-19(24)16-4-3-5-17(20)12-16/h3-9,12H,10-11,13H2,1-2H3,(H,21,24). The van der Waals surface area contributed by atoms with Gasteiger partial charge in [0.15, 0.2) is 0 Å². The molecule has 0 saturated carbocycles. The lowest BCUT2D eigenvalue weighted by Gasteiger charge is -2.21. The van der Waals surface area contributed by atoms with Gasteiger partial charge in [0.1, 0.15) is 5.75 Å². The van der Waals surface area contributed by atoms with Gasteiger partial charge in [-0.2, -0.15) is 0 Å². The van der Waals surface area contributed by atoms with Crippen LogP contribution in [0.5, 0.6) is 5.75 Å². The van der Waals surface area contributed by atoms with E-state index in [4.69, 9.17) is 16.3 Å². The van der Waals surface area contributed by atoms with Crippen molar-refractivity contribution in [2.24, 2.45) is 0 Å². The number of carbonyl (C=O) groups excluding carboxylic acids is 2. The molecule has 1 N–H and O–H groups in total. The zero-order valence-electron chi connectivity index (χ0n) is 14.3. The van der Waals surface area contributed by atoms with E-state index in [0.29, 0.717) is 30.2 Å². The summed E-state index contributed by atoms with van der Waals surface area (Å²) in [5, 5.41) is 3.32. The SMILES string of the molecule is COc1ccc(CN(CCNC(=O)c2cccc(Cl)c2)C(C)=O)cc1. The maximum atomic E-state index is 12.1. The number of nitrogens with zero attached hydrogens (tertiary/aromatic N) is 1. The molecular weight excluding hydrogens is 340 g/mol. The van der Waals surface area contributed by atoms with Gasteiger partial charge in [0.05, 0.1) is 7.11 Å². The number of carbonyl (C=O) groups is 2. The summed E-state index contributed by atoms with van der Waals surface area (Å²) in [5.74, 6) is 0.509. The van der Waals surface area contributed by atoms with Crippen molar-refractivity contribution in [2.75, 3.05) is 20.2 Å². The second-order valence-electron chi connectivity index (χ2n) is 5.55. The molecule has 6 heteroatoms. The van der Waals surface area contributed by atoms with Crippen molar-refractivity contribution < 1.29 is 14.3 Å². The summed E-state index contributed by atoms with van der Waals surface area (Å²) < 4.78 is 5.13. The minimum Gasteiger partial charge on any atom is -0.497 e. The summed E-state index contributed by atoms with van der Waals surface area (Å²) in [6.45, 7) is 2.78. The molecule has 25 heavy (non-hydrogen) atoms. The highest BCUT2D eigenvalue weighted by Crippen LogP contribution is 2.13. The van der Waals surface area contributed by atoms with Crippen molar-refractivity contribution in [1.82, 2.24) is 10.2 Å². The molecular formula is C19H21ClN2O3. The third-order valence-electron chi connectivity index (χ3n) is 3.73. The van der Waals surface area contributed by atoms with E-state index in [1.807, 2.05) is 24.3 Å². The number of methoxy groups -OCH3 is 1. The normalized spacial score (nSPS) is 10.2. The Morgan fingerprint density at radius 3 is 2.48 bits per heavy atom. The molecule has 0 unspecified atom stereocenters. The zero-order chi connectivity index (χ0) is 18.2. The first-order valence-electron chi connectivity index (χ1n) is 7.92. The van der Waals surface area contributed by atoms with E-state index >= 15 is 0 Å². The Kier molecular flexibility index (Phi) is 6.83. The lowest BCUT2D eigenvalue weighted by Crippen LogP contribution is -2.37. The molecule has 0 aliphatic rings. The monoisotopic (exact) mass is 360 g/mol. The first-order valence-corrected chi connectivity index (χ1v) is 8.29. The minimum atomic E-state index is -0.213. The van der Waals surface area contributed by atoms with Gasteiger partial charge in [0.2, 0.25) is 5.91 Å². The van der Waals surface area contributed by atoms with E-state index in [0.717, 1.165) is 11.3 Å². The summed E-state index contributed by atoms with van der Waals surface area (Å²) in [5.41, 5.74) is 1.49. The first kappa shape index (κ1) is 18.8. The van der Waals surface area contributed by atoms with Gasteiger partial charge in [0, 0.05) is 37.1 Å². The van der Waals surface area contributed by atoms with Gasteiger partial charge in [-0.05, 0) is 35.9 Å². The predicted molar refractivity (Wildman–Crippen MR) is 97.9 cm³/mol. The largest absolute Gasteiger partial charge is 0.497 e. The van der Waals surface area contributed by atoms with E-state index in [1.54, 1.807) is 36.3 Å². The molecule has 0 saturated heterocycles. The Morgan fingerprint density at radius 2 is 1.88 bits per heavy atom. The van der Waals surface area contributed by atoms with Gasteiger partial charge >= 0.3 is 0 Å². The summed E-state index contributed by atoms with van der Waals surface area (Å²) in [7, 11) is 1.61. The Morgan fingerprint density at radius 1 is 1.16 bits per heavy atom. The highest BCUT2D eigenvalue weighted by Gasteiger charge is 2.11. The van der Waals surface area contributed by atoms with Crippen molar-refractivity contribution >= 4 is 23.4 Å². The van der Waals surface area contributed by atoms with Crippen LogP contribution >= 0.6 is 11.6 Å². The number of ether oxygens (including phenoxy) is 1. The van der Waals surface area contributed by atoms with Crippen LogP contribution in [-0.2, 0) is 11.3 Å². The second kappa shape index (κ2) is 9.08. The minimum absolute atomic E-state index is 0.0483. The third-order valence-corrected chi connectivity index (χ3v) is 3.97. The van der Waals surface area contributed by atoms with Gasteiger partial charge in [-0.3, -0.25) is 9.59 Å². The second-order valence-corrected chi connectivity index (χ2v) is 5.99. The van der Waals surface area contributed by atoms with Crippen LogP contribution in [0.25, 0.3) is 0 Å². The molecule has 132 valence electrons. The Hall–Kier alpha value is -2.53. The molecule has 0 atom stereocenters. The van der Waals surface area contributed by atoms with Crippen LogP contribution in [-0.4, -0.2) is 36.9 Å². The fraction of sp³-hybridized carbons (Fsp3) is 0.263. The summed E-state index contributed by atoms with van der Waals surface area (Å²) in [4.78, 5) is 25.6. The highest BCUT2D eigenvalue weighted by atomic mass is 35.5. The number of hydrogen-bond acceptors (Lipinski definition) is 3. The zero-order valence-corrected chi connectivity index (χ0v) is 15.0. The smallest absolute Gasteiger partial charge is 0.251 e. The number of amides is 2. The molecule has 5 nitrogen and oxygen atoms in total. The summed E-state index contributed by atoms with van der Waals surface area (Å²) in [6.07, 6.45) is 0. The number of nitrogens with one attached hydrogen (secondary N) is 1. The van der Waals surface area contributed by atoms with Crippen LogP contribution in [0.15, 0.2) is 48.5 Å². The van der Waals surface area contributed by atoms with Gasteiger partial charge in [0.25, 0.3) is 5.91 Å². The lowest BCUT2D eigenvalue weighted by atomic mass is 10.2. The van der Waals surface area contributed by atoms with Crippen LogP contribution in [0.2, 0.25) is 5.02 Å². The van der Waals surface area contributed by atoms with Crippen molar-refractivity contribution in [3.8, 4) is 5.75 Å². The maximum absolute atomic E-state index is 12.1. The van der Waals surface area contributed by atoms with Crippen LogP contribution in [0.3, 0.4) is 0 Å². The molecule has 2 aromatic carbocycles. The summed E-state index contributed by atoms with van der Waals surface area (Å²) >= 11 is 5.89. The maximum Gasteiger partial charge on any atom is 0.251 e. The van der Waals surface area contributed by atoms with Crippen molar-refractivity contribution in [3.05, 3.63) is 64.7 Å². The van der Waals surface area contributed by atoms with Crippen molar-refractivity contribution in [1.29, 1.82) is 0 Å². The molecule has 0 heterocycles. The fourth-order valence-electron chi connectivity index (χ4n) is 2.34. The quantitative estimate of drug-likeness (QED) is 0.825. The van der Waals surface area contributed by atoms with Crippen LogP contribution < -0.4 is 10.1 Å². The molecule has 0 aliphatic carbocycles. The molecule has 0 spiro atoms. The lowest BCUT2D eigenvalue weighted by molar-refractivity contribution is -0.129. The van der Waals surface area contributed by atoms with E-state index in [-0.39, 0.29) is 11.8 Å². The Labute approximate surface area is 152 Å². The van der Waals surface area contributed by atoms with Crippen LogP contribution in [0, 0.1) is 0 Å². The molecule has 2 amide bonds. The number of rotatable bonds is 7. The van der Waals surface area contributed by atoms with Crippen LogP contribution in [0.1, 0.15) is 22.8 Å². The molecule has 0 aromatic heterocycles. The predicted octanol–water partition coefficient (Wildman–Crippen LogP) is 3.13. The molecule has 0 bridgehead atoms. The molecule has 0 aliphatic heterocycles. The van der Waals surface area contributed by atoms with Crippen LogP contribution in [0.4, 0.5) is 0 Å². The van der Waals surface area contributed by atoms with E-state index in [1.165, 1.54) is 6.92 Å². The first-order chi connectivity index (χ1) is 12.0. The average molecular weight is 361 g/mol. The van der Waals surface area contributed by atoms with E-state index < -0.39 is 0 Å². The topological polar surface area (TPSA) is 58.6 Å².